The van der Waals surface area contributed by atoms with Crippen LogP contribution in [0.15, 0.2) is 12.3 Å². The minimum atomic E-state index is 0.741. The summed E-state index contributed by atoms with van der Waals surface area (Å²) in [5.41, 5.74) is 1.17. The summed E-state index contributed by atoms with van der Waals surface area (Å²) in [6.45, 7) is 1.97. The molecule has 1 aromatic rings. The number of ether oxygens (including phenoxy) is 1. The molecule has 2 rings (SSSR count). The van der Waals surface area contributed by atoms with Gasteiger partial charge in [-0.1, -0.05) is 0 Å². The molecule has 1 N–H and O–H groups in total. The fourth-order valence-corrected chi connectivity index (χ4v) is 2.09. The third-order valence-corrected chi connectivity index (χ3v) is 3.59. The summed E-state index contributed by atoms with van der Waals surface area (Å²) >= 11 is 2.32. The average molecular weight is 318 g/mol. The summed E-state index contributed by atoms with van der Waals surface area (Å²) in [5.74, 6) is 1.65. The lowest BCUT2D eigenvalue weighted by Crippen LogP contribution is -2.17. The Morgan fingerprint density at radius 1 is 1.60 bits per heavy atom. The number of rotatable bonds is 5. The van der Waals surface area contributed by atoms with E-state index in [1.807, 2.05) is 6.07 Å². The van der Waals surface area contributed by atoms with Crippen molar-refractivity contribution in [3.63, 3.8) is 0 Å². The molecule has 1 aliphatic rings. The van der Waals surface area contributed by atoms with Crippen molar-refractivity contribution in [2.75, 3.05) is 13.7 Å². The molecule has 0 unspecified atom stereocenters. The van der Waals surface area contributed by atoms with Gasteiger partial charge in [-0.05, 0) is 54.0 Å². The SMILES string of the molecule is COc1nccc(I)c1CNCC1CC1. The van der Waals surface area contributed by atoms with Crippen molar-refractivity contribution in [2.24, 2.45) is 5.92 Å². The number of methoxy groups -OCH3 is 1. The van der Waals surface area contributed by atoms with Crippen molar-refractivity contribution in [1.82, 2.24) is 10.3 Å². The Bertz CT molecular complexity index is 339. The summed E-state index contributed by atoms with van der Waals surface area (Å²) in [4.78, 5) is 4.20. The summed E-state index contributed by atoms with van der Waals surface area (Å²) in [6, 6.07) is 2.01. The van der Waals surface area contributed by atoms with Crippen LogP contribution < -0.4 is 10.1 Å². The molecular formula is C11H15IN2O. The fraction of sp³-hybridized carbons (Fsp3) is 0.545. The minimum Gasteiger partial charge on any atom is -0.481 e. The van der Waals surface area contributed by atoms with Gasteiger partial charge in [0.05, 0.1) is 7.11 Å². The van der Waals surface area contributed by atoms with Gasteiger partial charge in [0.1, 0.15) is 0 Å². The number of nitrogens with one attached hydrogen (secondary N) is 1. The van der Waals surface area contributed by atoms with E-state index in [9.17, 15) is 0 Å². The van der Waals surface area contributed by atoms with Gasteiger partial charge in [-0.15, -0.1) is 0 Å². The molecule has 15 heavy (non-hydrogen) atoms. The van der Waals surface area contributed by atoms with Gasteiger partial charge in [0, 0.05) is 21.9 Å². The van der Waals surface area contributed by atoms with Crippen LogP contribution in [0.2, 0.25) is 0 Å². The number of nitrogens with zero attached hydrogens (tertiary/aromatic N) is 1. The molecule has 0 bridgehead atoms. The van der Waals surface area contributed by atoms with Crippen molar-refractivity contribution in [3.05, 3.63) is 21.4 Å². The van der Waals surface area contributed by atoms with E-state index in [-0.39, 0.29) is 0 Å². The minimum absolute atomic E-state index is 0.741. The van der Waals surface area contributed by atoms with Crippen LogP contribution >= 0.6 is 22.6 Å². The first-order chi connectivity index (χ1) is 7.31. The monoisotopic (exact) mass is 318 g/mol. The molecule has 0 aromatic carbocycles. The molecule has 0 saturated heterocycles. The first-order valence-corrected chi connectivity index (χ1v) is 6.27. The van der Waals surface area contributed by atoms with Crippen LogP contribution in [0, 0.1) is 9.49 Å². The molecule has 1 heterocycles. The zero-order chi connectivity index (χ0) is 10.7. The van der Waals surface area contributed by atoms with Gasteiger partial charge in [0.15, 0.2) is 0 Å². The van der Waals surface area contributed by atoms with Crippen molar-refractivity contribution < 1.29 is 4.74 Å². The second-order valence-corrected chi connectivity index (χ2v) is 5.02. The van der Waals surface area contributed by atoms with Crippen molar-refractivity contribution >= 4 is 22.6 Å². The molecule has 82 valence electrons. The highest BCUT2D eigenvalue weighted by molar-refractivity contribution is 14.1. The number of hydrogen-bond acceptors (Lipinski definition) is 3. The first-order valence-electron chi connectivity index (χ1n) is 5.19. The summed E-state index contributed by atoms with van der Waals surface area (Å²) in [6.07, 6.45) is 4.55. The van der Waals surface area contributed by atoms with Gasteiger partial charge in [-0.25, -0.2) is 4.98 Å². The van der Waals surface area contributed by atoms with Crippen LogP contribution in [0.1, 0.15) is 18.4 Å². The maximum absolute atomic E-state index is 5.24. The molecule has 1 aliphatic carbocycles. The Morgan fingerprint density at radius 2 is 2.40 bits per heavy atom. The Kier molecular flexibility index (Phi) is 3.80. The third kappa shape index (κ3) is 3.04. The van der Waals surface area contributed by atoms with Gasteiger partial charge in [-0.3, -0.25) is 0 Å². The molecule has 1 aromatic heterocycles. The van der Waals surface area contributed by atoms with Crippen LogP contribution in [0.25, 0.3) is 0 Å². The molecule has 3 nitrogen and oxygen atoms in total. The third-order valence-electron chi connectivity index (χ3n) is 2.58. The van der Waals surface area contributed by atoms with E-state index in [1.54, 1.807) is 13.3 Å². The normalized spacial score (nSPS) is 15.3. The molecule has 4 heteroatoms. The highest BCUT2D eigenvalue weighted by atomic mass is 127. The first kappa shape index (κ1) is 11.1. The Morgan fingerprint density at radius 3 is 3.07 bits per heavy atom. The van der Waals surface area contributed by atoms with Crippen molar-refractivity contribution in [2.45, 2.75) is 19.4 Å². The summed E-state index contributed by atoms with van der Waals surface area (Å²) in [7, 11) is 1.67. The second kappa shape index (κ2) is 5.12. The van der Waals surface area contributed by atoms with Crippen LogP contribution in [0.4, 0.5) is 0 Å². The van der Waals surface area contributed by atoms with Crippen LogP contribution in [0.5, 0.6) is 5.88 Å². The van der Waals surface area contributed by atoms with E-state index < -0.39 is 0 Å². The zero-order valence-corrected chi connectivity index (χ0v) is 11.0. The quantitative estimate of drug-likeness (QED) is 0.845. The lowest BCUT2D eigenvalue weighted by atomic mass is 10.2. The summed E-state index contributed by atoms with van der Waals surface area (Å²) in [5, 5.41) is 3.45. The smallest absolute Gasteiger partial charge is 0.218 e. The van der Waals surface area contributed by atoms with Crippen molar-refractivity contribution in [3.8, 4) is 5.88 Å². The molecule has 0 amide bonds. The van der Waals surface area contributed by atoms with Gasteiger partial charge in [0.2, 0.25) is 5.88 Å². The van der Waals surface area contributed by atoms with E-state index in [1.165, 1.54) is 22.0 Å². The highest BCUT2D eigenvalue weighted by Crippen LogP contribution is 2.28. The van der Waals surface area contributed by atoms with Crippen LogP contribution in [0.3, 0.4) is 0 Å². The van der Waals surface area contributed by atoms with E-state index in [4.69, 9.17) is 4.74 Å². The predicted molar refractivity (Wildman–Crippen MR) is 67.9 cm³/mol. The number of halogens is 1. The number of hydrogen-bond donors (Lipinski definition) is 1. The maximum Gasteiger partial charge on any atom is 0.218 e. The number of aromatic nitrogens is 1. The van der Waals surface area contributed by atoms with E-state index in [0.29, 0.717) is 0 Å². The van der Waals surface area contributed by atoms with Gasteiger partial charge >= 0.3 is 0 Å². The molecule has 0 spiro atoms. The van der Waals surface area contributed by atoms with E-state index in [0.717, 1.165) is 24.9 Å². The molecule has 1 fully saturated rings. The molecule has 0 aliphatic heterocycles. The van der Waals surface area contributed by atoms with Gasteiger partial charge < -0.3 is 10.1 Å². The van der Waals surface area contributed by atoms with Gasteiger partial charge in [0.25, 0.3) is 0 Å². The molecule has 0 atom stereocenters. The van der Waals surface area contributed by atoms with Crippen molar-refractivity contribution in [1.29, 1.82) is 0 Å². The molecular weight excluding hydrogens is 303 g/mol. The standard InChI is InChI=1S/C11H15IN2O/c1-15-11-9(10(12)4-5-14-11)7-13-6-8-2-3-8/h4-5,8,13H,2-3,6-7H2,1H3. The average Bonchev–Trinajstić information content (AvgIpc) is 3.04. The van der Waals surface area contributed by atoms with Crippen LogP contribution in [-0.2, 0) is 6.54 Å². The molecule has 1 saturated carbocycles. The van der Waals surface area contributed by atoms with Crippen LogP contribution in [-0.4, -0.2) is 18.6 Å². The predicted octanol–water partition coefficient (Wildman–Crippen LogP) is 2.19. The van der Waals surface area contributed by atoms with Gasteiger partial charge in [-0.2, -0.15) is 0 Å². The lowest BCUT2D eigenvalue weighted by molar-refractivity contribution is 0.389. The Hall–Kier alpha value is -0.360. The zero-order valence-electron chi connectivity index (χ0n) is 8.79. The summed E-state index contributed by atoms with van der Waals surface area (Å²) < 4.78 is 6.45. The molecule has 0 radical (unpaired) electrons. The Balaban J connectivity index is 1.97. The topological polar surface area (TPSA) is 34.1 Å². The fourth-order valence-electron chi connectivity index (χ4n) is 1.51. The lowest BCUT2D eigenvalue weighted by Gasteiger charge is -2.10. The van der Waals surface area contributed by atoms with E-state index >= 15 is 0 Å². The number of pyridine rings is 1. The largest absolute Gasteiger partial charge is 0.481 e. The van der Waals surface area contributed by atoms with E-state index in [2.05, 4.69) is 32.9 Å². The maximum atomic E-state index is 5.24. The Labute approximate surface area is 104 Å². The highest BCUT2D eigenvalue weighted by Gasteiger charge is 2.20. The second-order valence-electron chi connectivity index (χ2n) is 3.85.